The van der Waals surface area contributed by atoms with E-state index in [-0.39, 0.29) is 31.2 Å². The van der Waals surface area contributed by atoms with Gasteiger partial charge in [-0.2, -0.15) is 0 Å². The van der Waals surface area contributed by atoms with Crippen LogP contribution in [0.3, 0.4) is 0 Å². The van der Waals surface area contributed by atoms with Crippen molar-refractivity contribution in [3.05, 3.63) is 0 Å². The molecule has 0 atom stereocenters. The highest BCUT2D eigenvalue weighted by Crippen LogP contribution is 1.92. The van der Waals surface area contributed by atoms with Crippen molar-refractivity contribution in [1.29, 1.82) is 0 Å². The van der Waals surface area contributed by atoms with E-state index in [4.69, 9.17) is 0 Å². The Balaban J connectivity index is 3.57. The van der Waals surface area contributed by atoms with E-state index in [1.165, 1.54) is 7.11 Å². The van der Waals surface area contributed by atoms with Gasteiger partial charge in [0, 0.05) is 13.0 Å². The van der Waals surface area contributed by atoms with Crippen molar-refractivity contribution in [2.45, 2.75) is 19.8 Å². The molecule has 6 nitrogen and oxygen atoms in total. The van der Waals surface area contributed by atoms with Gasteiger partial charge in [-0.3, -0.25) is 9.59 Å². The minimum Gasteiger partial charge on any atom is -0.469 e. The van der Waals surface area contributed by atoms with Gasteiger partial charge in [-0.1, -0.05) is 0 Å². The number of rotatable bonds is 6. The maximum Gasteiger partial charge on any atom is 0.315 e. The molecule has 0 aromatic carbocycles. The number of methoxy groups -OCH3 is 1. The summed E-state index contributed by atoms with van der Waals surface area (Å²) in [6.45, 7) is 2.21. The van der Waals surface area contributed by atoms with Crippen LogP contribution >= 0.6 is 0 Å². The Morgan fingerprint density at radius 1 is 1.13 bits per heavy atom. The molecule has 0 aromatic rings. The number of esters is 1. The lowest BCUT2D eigenvalue weighted by molar-refractivity contribution is -0.141. The lowest BCUT2D eigenvalue weighted by atomic mass is 10.2. The molecule has 0 aliphatic carbocycles. The Morgan fingerprint density at radius 3 is 2.33 bits per heavy atom. The molecule has 0 unspecified atom stereocenters. The predicted molar refractivity (Wildman–Crippen MR) is 53.3 cm³/mol. The van der Waals surface area contributed by atoms with Crippen molar-refractivity contribution in [3.63, 3.8) is 0 Å². The third-order valence-corrected chi connectivity index (χ3v) is 1.62. The van der Waals surface area contributed by atoms with Gasteiger partial charge in [0.2, 0.25) is 0 Å². The zero-order valence-corrected chi connectivity index (χ0v) is 8.96. The second kappa shape index (κ2) is 7.78. The zero-order chi connectivity index (χ0) is 11.7. The molecule has 0 aliphatic rings. The molecule has 0 aliphatic heterocycles. The molecule has 0 fully saturated rings. The first kappa shape index (κ1) is 13.4. The molecule has 0 saturated heterocycles. The molecule has 0 rings (SSSR count). The zero-order valence-electron chi connectivity index (χ0n) is 8.96. The van der Waals surface area contributed by atoms with Gasteiger partial charge in [0.15, 0.2) is 5.78 Å². The number of Topliss-reactive ketones (excluding diaryl/α,β-unsaturated/α-hetero) is 1. The first-order valence-corrected chi connectivity index (χ1v) is 4.70. The summed E-state index contributed by atoms with van der Waals surface area (Å²) in [5.41, 5.74) is 0. The Kier molecular flexibility index (Phi) is 6.96. The molecule has 0 bridgehead atoms. The average Bonchev–Trinajstić information content (AvgIpc) is 2.23. The van der Waals surface area contributed by atoms with Crippen LogP contribution in [0.15, 0.2) is 0 Å². The largest absolute Gasteiger partial charge is 0.469 e. The van der Waals surface area contributed by atoms with Crippen molar-refractivity contribution in [2.24, 2.45) is 0 Å². The fraction of sp³-hybridized carbons (Fsp3) is 0.667. The summed E-state index contributed by atoms with van der Waals surface area (Å²) in [6, 6.07) is -0.385. The number of amides is 2. The summed E-state index contributed by atoms with van der Waals surface area (Å²) in [4.78, 5) is 32.7. The monoisotopic (exact) mass is 216 g/mol. The summed E-state index contributed by atoms with van der Waals surface area (Å²) < 4.78 is 4.37. The number of ether oxygens (including phenoxy) is 1. The fourth-order valence-corrected chi connectivity index (χ4v) is 0.834. The molecule has 86 valence electrons. The fourth-order valence-electron chi connectivity index (χ4n) is 0.834. The number of hydrogen-bond donors (Lipinski definition) is 2. The third kappa shape index (κ3) is 7.48. The van der Waals surface area contributed by atoms with Crippen molar-refractivity contribution < 1.29 is 19.1 Å². The van der Waals surface area contributed by atoms with E-state index in [0.29, 0.717) is 6.54 Å². The Morgan fingerprint density at radius 2 is 1.80 bits per heavy atom. The Bertz CT molecular complexity index is 240. The quantitative estimate of drug-likeness (QED) is 0.603. The van der Waals surface area contributed by atoms with E-state index in [1.807, 2.05) is 0 Å². The van der Waals surface area contributed by atoms with Crippen molar-refractivity contribution in [1.82, 2.24) is 10.6 Å². The number of nitrogens with one attached hydrogen (secondary N) is 2. The summed E-state index contributed by atoms with van der Waals surface area (Å²) in [7, 11) is 1.26. The Hall–Kier alpha value is -1.59. The standard InChI is InChI=1S/C9H16N2O4/c1-3-10-9(14)11-6-7(12)4-5-8(13)15-2/h3-6H2,1-2H3,(H2,10,11,14). The van der Waals surface area contributed by atoms with Gasteiger partial charge in [-0.25, -0.2) is 4.79 Å². The lowest BCUT2D eigenvalue weighted by Crippen LogP contribution is -2.38. The van der Waals surface area contributed by atoms with Gasteiger partial charge in [-0.05, 0) is 6.92 Å². The van der Waals surface area contributed by atoms with Gasteiger partial charge >= 0.3 is 12.0 Å². The van der Waals surface area contributed by atoms with Crippen molar-refractivity contribution >= 4 is 17.8 Å². The molecule has 0 aromatic heterocycles. The van der Waals surface area contributed by atoms with E-state index in [1.54, 1.807) is 6.92 Å². The van der Waals surface area contributed by atoms with E-state index in [0.717, 1.165) is 0 Å². The molecule has 15 heavy (non-hydrogen) atoms. The van der Waals surface area contributed by atoms with E-state index >= 15 is 0 Å². The van der Waals surface area contributed by atoms with Gasteiger partial charge in [0.25, 0.3) is 0 Å². The second-order valence-corrected chi connectivity index (χ2v) is 2.83. The van der Waals surface area contributed by atoms with E-state index in [9.17, 15) is 14.4 Å². The SMILES string of the molecule is CCNC(=O)NCC(=O)CCC(=O)OC. The highest BCUT2D eigenvalue weighted by atomic mass is 16.5. The molecule has 0 heterocycles. The number of carbonyl (C=O) groups is 3. The number of carbonyl (C=O) groups excluding carboxylic acids is 3. The first-order chi connectivity index (χ1) is 7.10. The van der Waals surface area contributed by atoms with Crippen LogP contribution in [0, 0.1) is 0 Å². The van der Waals surface area contributed by atoms with Crippen molar-refractivity contribution in [3.8, 4) is 0 Å². The number of ketones is 1. The van der Waals surface area contributed by atoms with Crippen LogP contribution in [0.1, 0.15) is 19.8 Å². The third-order valence-electron chi connectivity index (χ3n) is 1.62. The van der Waals surface area contributed by atoms with Crippen molar-refractivity contribution in [2.75, 3.05) is 20.2 Å². The smallest absolute Gasteiger partial charge is 0.315 e. The van der Waals surface area contributed by atoms with Gasteiger partial charge < -0.3 is 15.4 Å². The molecular weight excluding hydrogens is 200 g/mol. The summed E-state index contributed by atoms with van der Waals surface area (Å²) in [5, 5.41) is 4.86. The van der Waals surface area contributed by atoms with Crippen LogP contribution in [-0.2, 0) is 14.3 Å². The van der Waals surface area contributed by atoms with Gasteiger partial charge in [0.05, 0.1) is 20.1 Å². The highest BCUT2D eigenvalue weighted by Gasteiger charge is 2.07. The molecule has 0 saturated carbocycles. The van der Waals surface area contributed by atoms with Gasteiger partial charge in [0.1, 0.15) is 0 Å². The summed E-state index contributed by atoms with van der Waals surface area (Å²) >= 11 is 0. The first-order valence-electron chi connectivity index (χ1n) is 4.70. The lowest BCUT2D eigenvalue weighted by Gasteiger charge is -2.04. The molecular formula is C9H16N2O4. The van der Waals surface area contributed by atoms with E-state index < -0.39 is 5.97 Å². The summed E-state index contributed by atoms with van der Waals surface area (Å²) in [6.07, 6.45) is 0.130. The van der Waals surface area contributed by atoms with Crippen LogP contribution in [0.4, 0.5) is 4.79 Å². The average molecular weight is 216 g/mol. The topological polar surface area (TPSA) is 84.5 Å². The van der Waals surface area contributed by atoms with Crippen LogP contribution in [-0.4, -0.2) is 38.0 Å². The highest BCUT2D eigenvalue weighted by molar-refractivity contribution is 5.87. The molecule has 2 N–H and O–H groups in total. The number of hydrogen-bond acceptors (Lipinski definition) is 4. The van der Waals surface area contributed by atoms with Crippen LogP contribution in [0.2, 0.25) is 0 Å². The minimum absolute atomic E-state index is 0.0480. The summed E-state index contributed by atoms with van der Waals surface area (Å²) in [5.74, 6) is -0.631. The van der Waals surface area contributed by atoms with Crippen LogP contribution in [0.5, 0.6) is 0 Å². The number of urea groups is 1. The minimum atomic E-state index is -0.429. The van der Waals surface area contributed by atoms with Gasteiger partial charge in [-0.15, -0.1) is 0 Å². The molecule has 2 amide bonds. The Labute approximate surface area is 88.4 Å². The van der Waals surface area contributed by atoms with Crippen LogP contribution < -0.4 is 10.6 Å². The normalized spacial score (nSPS) is 9.20. The molecule has 0 radical (unpaired) electrons. The molecule has 6 heteroatoms. The van der Waals surface area contributed by atoms with Crippen LogP contribution in [0.25, 0.3) is 0 Å². The maximum absolute atomic E-state index is 11.1. The molecule has 0 spiro atoms. The van der Waals surface area contributed by atoms with E-state index in [2.05, 4.69) is 15.4 Å². The second-order valence-electron chi connectivity index (χ2n) is 2.83. The predicted octanol–water partition coefficient (Wildman–Crippen LogP) is -0.172. The maximum atomic E-state index is 11.1.